The Morgan fingerprint density at radius 2 is 1.97 bits per heavy atom. The van der Waals surface area contributed by atoms with Gasteiger partial charge in [-0.15, -0.1) is 11.3 Å². The molecule has 6 nitrogen and oxygen atoms in total. The molecule has 0 aliphatic heterocycles. The van der Waals surface area contributed by atoms with E-state index < -0.39 is 0 Å². The molecule has 31 heavy (non-hydrogen) atoms. The summed E-state index contributed by atoms with van der Waals surface area (Å²) in [5, 5.41) is 17.3. The molecule has 7 heteroatoms. The summed E-state index contributed by atoms with van der Waals surface area (Å²) in [6.45, 7) is 0.583. The molecule has 1 N–H and O–H groups in total. The third-order valence-electron chi connectivity index (χ3n) is 5.04. The maximum absolute atomic E-state index is 9.60. The average molecular weight is 430 g/mol. The van der Waals surface area contributed by atoms with E-state index in [4.69, 9.17) is 9.15 Å². The van der Waals surface area contributed by atoms with Crippen molar-refractivity contribution in [2.45, 2.75) is 12.8 Å². The highest BCUT2D eigenvalue weighted by Crippen LogP contribution is 2.27. The molecule has 4 aromatic heterocycles. The van der Waals surface area contributed by atoms with Gasteiger partial charge in [0.1, 0.15) is 22.4 Å². The molecule has 4 heterocycles. The molecule has 0 fully saturated rings. The Morgan fingerprint density at radius 1 is 1.06 bits per heavy atom. The van der Waals surface area contributed by atoms with Crippen molar-refractivity contribution in [3.05, 3.63) is 83.4 Å². The molecule has 0 spiro atoms. The largest absolute Gasteiger partial charge is 0.494 e. The number of hydrogen-bond donors (Lipinski definition) is 1. The monoisotopic (exact) mass is 429 g/mol. The lowest BCUT2D eigenvalue weighted by molar-refractivity contribution is 0.302. The van der Waals surface area contributed by atoms with Crippen LogP contribution in [0.2, 0.25) is 0 Å². The van der Waals surface area contributed by atoms with Gasteiger partial charge >= 0.3 is 0 Å². The summed E-state index contributed by atoms with van der Waals surface area (Å²) in [5.41, 5.74) is 2.53. The summed E-state index contributed by atoms with van der Waals surface area (Å²) in [6.07, 6.45) is 7.23. The topological polar surface area (TPSA) is 80.7 Å². The van der Waals surface area contributed by atoms with Crippen molar-refractivity contribution in [3.63, 3.8) is 0 Å². The first kappa shape index (κ1) is 19.3. The van der Waals surface area contributed by atoms with Gasteiger partial charge in [0.25, 0.3) is 0 Å². The van der Waals surface area contributed by atoms with Crippen LogP contribution in [-0.2, 0) is 6.42 Å². The van der Waals surface area contributed by atoms with E-state index in [-0.39, 0.29) is 0 Å². The Labute approximate surface area is 182 Å². The highest BCUT2D eigenvalue weighted by Gasteiger charge is 2.10. The number of thiophene rings is 1. The number of hydrogen-bond acceptors (Lipinski definition) is 7. The highest BCUT2D eigenvalue weighted by atomic mass is 32.1. The van der Waals surface area contributed by atoms with Crippen LogP contribution in [0.25, 0.3) is 32.5 Å². The Kier molecular flexibility index (Phi) is 5.33. The number of aryl methyl sites for hydroxylation is 1. The van der Waals surface area contributed by atoms with Gasteiger partial charge in [-0.25, -0.2) is 0 Å². The van der Waals surface area contributed by atoms with Gasteiger partial charge < -0.3 is 14.4 Å². The molecule has 1 aromatic carbocycles. The summed E-state index contributed by atoms with van der Waals surface area (Å²) in [4.78, 5) is 8.51. The SMILES string of the molecule is O/N=c1\cc(-c2cc3sccc3cn2)oc2ccc(OCCCc3ccncc3)cc12. The van der Waals surface area contributed by atoms with Gasteiger partial charge in [-0.3, -0.25) is 9.97 Å². The van der Waals surface area contributed by atoms with Crippen molar-refractivity contribution in [1.29, 1.82) is 0 Å². The van der Waals surface area contributed by atoms with Gasteiger partial charge in [0.15, 0.2) is 5.76 Å². The molecule has 0 aliphatic carbocycles. The highest BCUT2D eigenvalue weighted by molar-refractivity contribution is 7.17. The zero-order chi connectivity index (χ0) is 21.0. The molecule has 0 saturated carbocycles. The van der Waals surface area contributed by atoms with E-state index in [0.29, 0.717) is 40.1 Å². The number of aromatic nitrogens is 2. The zero-order valence-corrected chi connectivity index (χ0v) is 17.4. The Balaban J connectivity index is 1.38. The number of fused-ring (bicyclic) bond motifs is 2. The van der Waals surface area contributed by atoms with Gasteiger partial charge in [0.2, 0.25) is 0 Å². The summed E-state index contributed by atoms with van der Waals surface area (Å²) in [6, 6.07) is 15.2. The molecule has 0 aliphatic rings. The molecule has 0 radical (unpaired) electrons. The molecule has 0 unspecified atom stereocenters. The number of pyridine rings is 2. The Bertz CT molecular complexity index is 1410. The molecule has 154 valence electrons. The predicted octanol–water partition coefficient (Wildman–Crippen LogP) is 5.41. The van der Waals surface area contributed by atoms with Crippen LogP contribution in [0.15, 0.2) is 82.1 Å². The fourth-order valence-electron chi connectivity index (χ4n) is 3.45. The van der Waals surface area contributed by atoms with E-state index >= 15 is 0 Å². The Hall–Kier alpha value is -3.71. The average Bonchev–Trinajstić information content (AvgIpc) is 3.30. The minimum Gasteiger partial charge on any atom is -0.494 e. The first-order valence-electron chi connectivity index (χ1n) is 9.91. The third-order valence-corrected chi connectivity index (χ3v) is 5.92. The smallest absolute Gasteiger partial charge is 0.155 e. The van der Waals surface area contributed by atoms with Crippen molar-refractivity contribution in [2.75, 3.05) is 6.61 Å². The van der Waals surface area contributed by atoms with Gasteiger partial charge in [-0.05, 0) is 66.2 Å². The number of ether oxygens (including phenoxy) is 1. The molecule has 0 bridgehead atoms. The Morgan fingerprint density at radius 3 is 2.84 bits per heavy atom. The second-order valence-electron chi connectivity index (χ2n) is 7.09. The van der Waals surface area contributed by atoms with Crippen LogP contribution >= 0.6 is 11.3 Å². The molecular formula is C24H19N3O3S. The lowest BCUT2D eigenvalue weighted by Crippen LogP contribution is -2.05. The van der Waals surface area contributed by atoms with Crippen molar-refractivity contribution >= 4 is 32.4 Å². The van der Waals surface area contributed by atoms with E-state index in [1.54, 1.807) is 29.8 Å². The second-order valence-corrected chi connectivity index (χ2v) is 8.04. The maximum Gasteiger partial charge on any atom is 0.155 e. The van der Waals surface area contributed by atoms with Crippen LogP contribution < -0.4 is 10.1 Å². The number of rotatable bonds is 6. The van der Waals surface area contributed by atoms with Crippen LogP contribution in [0.3, 0.4) is 0 Å². The maximum atomic E-state index is 9.60. The minimum absolute atomic E-state index is 0.409. The van der Waals surface area contributed by atoms with Crippen LogP contribution in [0.4, 0.5) is 0 Å². The molecule has 0 amide bonds. The third kappa shape index (κ3) is 4.13. The standard InChI is InChI=1S/C24H19N3O3S/c28-27-20-13-23(21-14-24-17(15-26-21)7-11-31-24)30-22-4-3-18(12-19(20)22)29-10-1-2-16-5-8-25-9-6-16/h3-9,11-15,28H,1-2,10H2/b27-20+. The van der Waals surface area contributed by atoms with Crippen molar-refractivity contribution < 1.29 is 14.4 Å². The van der Waals surface area contributed by atoms with Crippen molar-refractivity contribution in [1.82, 2.24) is 9.97 Å². The predicted molar refractivity (Wildman–Crippen MR) is 120 cm³/mol. The lowest BCUT2D eigenvalue weighted by Gasteiger charge is -2.08. The fourth-order valence-corrected chi connectivity index (χ4v) is 4.25. The van der Waals surface area contributed by atoms with Crippen molar-refractivity contribution in [2.24, 2.45) is 5.16 Å². The van der Waals surface area contributed by atoms with Crippen LogP contribution in [-0.4, -0.2) is 21.8 Å². The molecule has 0 atom stereocenters. The number of benzene rings is 1. The summed E-state index contributed by atoms with van der Waals surface area (Å²) < 4.78 is 13.1. The summed E-state index contributed by atoms with van der Waals surface area (Å²) >= 11 is 1.65. The lowest BCUT2D eigenvalue weighted by atomic mass is 10.1. The van der Waals surface area contributed by atoms with Gasteiger partial charge in [-0.1, -0.05) is 5.16 Å². The molecule has 0 saturated heterocycles. The van der Waals surface area contributed by atoms with Crippen LogP contribution in [0.1, 0.15) is 12.0 Å². The van der Waals surface area contributed by atoms with E-state index in [1.807, 2.05) is 54.0 Å². The molecule has 5 aromatic rings. The summed E-state index contributed by atoms with van der Waals surface area (Å²) in [5.74, 6) is 1.25. The van der Waals surface area contributed by atoms with Gasteiger partial charge in [0.05, 0.1) is 12.0 Å². The van der Waals surface area contributed by atoms with Gasteiger partial charge in [-0.2, -0.15) is 0 Å². The van der Waals surface area contributed by atoms with E-state index in [1.165, 1.54) is 5.56 Å². The summed E-state index contributed by atoms with van der Waals surface area (Å²) in [7, 11) is 0. The molecule has 5 rings (SSSR count). The first-order valence-corrected chi connectivity index (χ1v) is 10.8. The molecular weight excluding hydrogens is 410 g/mol. The van der Waals surface area contributed by atoms with Crippen molar-refractivity contribution in [3.8, 4) is 17.2 Å². The van der Waals surface area contributed by atoms with E-state index in [0.717, 1.165) is 22.9 Å². The van der Waals surface area contributed by atoms with E-state index in [9.17, 15) is 5.21 Å². The zero-order valence-electron chi connectivity index (χ0n) is 16.6. The second kappa shape index (κ2) is 8.57. The minimum atomic E-state index is 0.409. The quantitative estimate of drug-likeness (QED) is 0.222. The van der Waals surface area contributed by atoms with Crippen LogP contribution in [0.5, 0.6) is 5.75 Å². The first-order chi connectivity index (χ1) is 15.3. The number of nitrogens with zero attached hydrogens (tertiary/aromatic N) is 3. The van der Waals surface area contributed by atoms with Crippen LogP contribution in [0, 0.1) is 0 Å². The fraction of sp³-hybridized carbons (Fsp3) is 0.125. The van der Waals surface area contributed by atoms with E-state index in [2.05, 4.69) is 15.1 Å². The normalized spacial score (nSPS) is 11.9. The van der Waals surface area contributed by atoms with Gasteiger partial charge in [0, 0.05) is 34.7 Å².